The zero-order valence-corrected chi connectivity index (χ0v) is 42.5. The van der Waals surface area contributed by atoms with Gasteiger partial charge in [-0.2, -0.15) is 0 Å². The summed E-state index contributed by atoms with van der Waals surface area (Å²) in [6.07, 6.45) is 0. The molecule has 18 nitrogen and oxygen atoms in total. The fourth-order valence-corrected chi connectivity index (χ4v) is 0. The predicted molar refractivity (Wildman–Crippen MR) is 25.5 cm³/mol. The maximum atomic E-state index is 8.62. The van der Waals surface area contributed by atoms with Gasteiger partial charge in [-0.25, -0.2) is 0 Å². The van der Waals surface area contributed by atoms with Gasteiger partial charge in [0.15, 0.2) is 0 Å². The van der Waals surface area contributed by atoms with Crippen molar-refractivity contribution < 1.29 is 173 Å². The predicted octanol–water partition coefficient (Wildman–Crippen LogP) is -9.72. The molecule has 0 atom stereocenters. The first-order chi connectivity index (χ1) is 10.4. The van der Waals surface area contributed by atoms with Crippen LogP contribution in [0, 0.1) is 0 Å². The molecular formula is BiO18SrTa6Tl. The summed E-state index contributed by atoms with van der Waals surface area (Å²) in [4.78, 5) is 0. The summed E-state index contributed by atoms with van der Waals surface area (Å²) in [6.45, 7) is 0. The molecule has 0 unspecified atom stereocenters. The molecular weight excluding hydrogens is 1870 g/mol. The molecule has 0 aromatic carbocycles. The van der Waals surface area contributed by atoms with Crippen molar-refractivity contribution in [3.05, 3.63) is 0 Å². The summed E-state index contributed by atoms with van der Waals surface area (Å²) in [6, 6.07) is 0. The molecule has 148 valence electrons. The molecule has 0 fully saturated rings. The molecule has 0 heterocycles. The molecule has 0 aromatic heterocycles. The Bertz CT molecular complexity index is 484. The van der Waals surface area contributed by atoms with E-state index in [-0.39, 0.29) is 99.0 Å². The van der Waals surface area contributed by atoms with Crippen molar-refractivity contribution in [2.45, 2.75) is 0 Å². The monoisotopic (exact) mass is 1880 g/mol. The average Bonchev–Trinajstić information content (AvgIpc) is 2.08. The summed E-state index contributed by atoms with van der Waals surface area (Å²) in [5, 5.41) is 0. The maximum Gasteiger partial charge on any atom is 2.00 e. The second-order valence-electron chi connectivity index (χ2n) is 1.34. The van der Waals surface area contributed by atoms with Gasteiger partial charge in [-0.3, -0.25) is 0 Å². The van der Waals surface area contributed by atoms with E-state index < -0.39 is 113 Å². The van der Waals surface area contributed by atoms with Crippen molar-refractivity contribution in [1.29, 1.82) is 0 Å². The van der Waals surface area contributed by atoms with Gasteiger partial charge in [-0.15, -0.1) is 0 Å². The van der Waals surface area contributed by atoms with Crippen LogP contribution in [0.2, 0.25) is 0 Å². The molecule has 0 aliphatic rings. The van der Waals surface area contributed by atoms with Crippen LogP contribution in [0.1, 0.15) is 0 Å². The fourth-order valence-electron chi connectivity index (χ4n) is 0. The van der Waals surface area contributed by atoms with Gasteiger partial charge in [0, 0.05) is 0 Å². The smallest absolute Gasteiger partial charge is 1.00 e. The van der Waals surface area contributed by atoms with Gasteiger partial charge < -0.3 is 0 Å². The van der Waals surface area contributed by atoms with Gasteiger partial charge in [-0.1, -0.05) is 0 Å². The van der Waals surface area contributed by atoms with E-state index in [2.05, 4.69) is 0 Å². The van der Waals surface area contributed by atoms with Crippen molar-refractivity contribution in [2.24, 2.45) is 0 Å². The van der Waals surface area contributed by atoms with Crippen LogP contribution >= 0.6 is 0 Å². The van der Waals surface area contributed by atoms with Gasteiger partial charge in [0.05, 0.1) is 0 Å². The van der Waals surface area contributed by atoms with Gasteiger partial charge in [0.2, 0.25) is 0 Å². The summed E-state index contributed by atoms with van der Waals surface area (Å²) < 4.78 is 155. The Morgan fingerprint density at radius 2 is 0.333 bits per heavy atom. The van der Waals surface area contributed by atoms with Crippen LogP contribution in [0.3, 0.4) is 0 Å². The molecule has 0 amide bonds. The Hall–Kier alpha value is 5.09. The molecule has 0 aromatic rings. The largest absolute Gasteiger partial charge is 2.00 e. The first-order valence-corrected chi connectivity index (χ1v) is 26.9. The topological polar surface area (TPSA) is 343 Å². The SMILES string of the molecule is [Bi+3].[O]=[Ta](=[O])[O-].[O]=[Ta](=[O])[O-].[O]=[Ta](=[O])[O-].[O]=[Ta](=[O])[O-].[O]=[Ta](=[O])[O-].[O]=[Ta](=[O])[O-].[Sr+2].[Tl+]. The normalized spacial score (nSPS) is 5.56. The third kappa shape index (κ3) is 1020. The first kappa shape index (κ1) is 58.2. The van der Waals surface area contributed by atoms with Crippen LogP contribution in [0.25, 0.3) is 0 Å². The van der Waals surface area contributed by atoms with Crippen LogP contribution < -0.4 is 21.7 Å². The minimum absolute atomic E-state index is 0. The van der Waals surface area contributed by atoms with Crippen molar-refractivity contribution in [1.82, 2.24) is 0 Å². The van der Waals surface area contributed by atoms with Gasteiger partial charge in [0.1, 0.15) is 0 Å². The summed E-state index contributed by atoms with van der Waals surface area (Å²) in [5.74, 6) is 0. The minimum Gasteiger partial charge on any atom is 1.00 e. The average molecular weight is 1870 g/mol. The van der Waals surface area contributed by atoms with Crippen molar-refractivity contribution in [2.75, 3.05) is 0 Å². The zero-order chi connectivity index (χ0) is 21.5. The van der Waals surface area contributed by atoms with E-state index >= 15 is 0 Å². The standard InChI is InChI=1S/Bi.18O.Sr.6Ta.Tl/q+3;;;;;;;;;;;;;6*-1;+2;;;;;;;+1. The molecule has 0 aliphatic heterocycles. The molecule has 0 bridgehead atoms. The van der Waals surface area contributed by atoms with E-state index in [1.807, 2.05) is 0 Å². The van der Waals surface area contributed by atoms with Crippen molar-refractivity contribution in [3.63, 3.8) is 0 Å². The Labute approximate surface area is 265 Å². The maximum absolute atomic E-state index is 8.62. The quantitative estimate of drug-likeness (QED) is 0.203. The summed E-state index contributed by atoms with van der Waals surface area (Å²) in [5.41, 5.74) is 0. The van der Waals surface area contributed by atoms with E-state index in [1.165, 1.54) is 0 Å². The van der Waals surface area contributed by atoms with Crippen LogP contribution in [0.5, 0.6) is 0 Å². The molecule has 2 radical (unpaired) electrons. The molecule has 0 saturated carbocycles. The molecule has 0 aliphatic carbocycles. The van der Waals surface area contributed by atoms with Gasteiger partial charge >= 0.3 is 272 Å². The van der Waals surface area contributed by atoms with E-state index in [0.717, 1.165) is 0 Å². The second kappa shape index (κ2) is 52.8. The van der Waals surface area contributed by atoms with Crippen molar-refractivity contribution >= 4 is 99.0 Å². The Kier molecular flexibility index (Phi) is 114. The summed E-state index contributed by atoms with van der Waals surface area (Å²) >= 11 is -26.1. The third-order valence-corrected chi connectivity index (χ3v) is 0. The Morgan fingerprint density at radius 1 is 0.333 bits per heavy atom. The van der Waals surface area contributed by atoms with Crippen LogP contribution in [0.4, 0.5) is 0 Å². The van der Waals surface area contributed by atoms with Gasteiger partial charge in [-0.05, 0) is 0 Å². The molecule has 27 heteroatoms. The molecule has 0 N–H and O–H groups in total. The molecule has 0 rings (SSSR count). The minimum atomic E-state index is -4.34. The molecule has 0 spiro atoms. The van der Waals surface area contributed by atoms with E-state index in [4.69, 9.17) is 60.7 Å². The van der Waals surface area contributed by atoms with E-state index in [0.29, 0.717) is 0 Å². The number of hydrogen-bond donors (Lipinski definition) is 0. The Balaban J connectivity index is -0.0000000201. The van der Waals surface area contributed by atoms with Crippen LogP contribution in [-0.2, 0) is 152 Å². The number of rotatable bonds is 0. The van der Waals surface area contributed by atoms with E-state index in [9.17, 15) is 0 Å². The fraction of sp³-hybridized carbons (Fsp3) is 0. The van der Waals surface area contributed by atoms with Crippen LogP contribution in [-0.4, -0.2) is 99.0 Å². The molecule has 27 heavy (non-hydrogen) atoms. The van der Waals surface area contributed by atoms with Crippen molar-refractivity contribution in [3.8, 4) is 0 Å². The van der Waals surface area contributed by atoms with E-state index in [1.54, 1.807) is 0 Å². The van der Waals surface area contributed by atoms with Gasteiger partial charge in [0.25, 0.3) is 0 Å². The Morgan fingerprint density at radius 3 is 0.333 bits per heavy atom. The first-order valence-electron chi connectivity index (χ1n) is 3.29. The summed E-state index contributed by atoms with van der Waals surface area (Å²) in [7, 11) is 0. The molecule has 0 saturated heterocycles. The third-order valence-electron chi connectivity index (χ3n) is 0. The zero-order valence-electron chi connectivity index (χ0n) is 11.8. The second-order valence-corrected chi connectivity index (χ2v) is 11.0. The van der Waals surface area contributed by atoms with Crippen LogP contribution in [0.15, 0.2) is 0 Å². The number of hydrogen-bond acceptors (Lipinski definition) is 18.